The van der Waals surface area contributed by atoms with Crippen LogP contribution in [0, 0.1) is 0 Å². The van der Waals surface area contributed by atoms with E-state index in [-0.39, 0.29) is 23.5 Å². The van der Waals surface area contributed by atoms with Crippen LogP contribution < -0.4 is 10.1 Å². The highest BCUT2D eigenvalue weighted by atomic mass is 32.2. The van der Waals surface area contributed by atoms with Crippen molar-refractivity contribution in [1.29, 1.82) is 0 Å². The summed E-state index contributed by atoms with van der Waals surface area (Å²) in [6.07, 6.45) is 5.79. The summed E-state index contributed by atoms with van der Waals surface area (Å²) in [7, 11) is -3.22. The molecular formula is C21H25NO4S. The number of carbonyl (C=O) groups excluding carboxylic acids is 1. The third-order valence-corrected chi connectivity index (χ3v) is 6.00. The molecule has 144 valence electrons. The van der Waals surface area contributed by atoms with Gasteiger partial charge in [0.15, 0.2) is 16.4 Å². The number of carbonyl (C=O) groups is 1. The average molecular weight is 388 g/mol. The molecular weight excluding hydrogens is 362 g/mol. The second kappa shape index (κ2) is 8.13. The van der Waals surface area contributed by atoms with Crippen molar-refractivity contribution in [2.45, 2.75) is 43.5 Å². The van der Waals surface area contributed by atoms with Crippen LogP contribution in [0.1, 0.15) is 42.5 Å². The molecule has 3 rings (SSSR count). The molecule has 0 aromatic heterocycles. The molecule has 0 aliphatic heterocycles. The molecule has 2 aromatic carbocycles. The third kappa shape index (κ3) is 5.10. The molecule has 1 N–H and O–H groups in total. The molecule has 1 aliphatic carbocycles. The molecule has 27 heavy (non-hydrogen) atoms. The Bertz CT molecular complexity index is 920. The lowest BCUT2D eigenvalue weighted by Gasteiger charge is -2.17. The zero-order valence-electron chi connectivity index (χ0n) is 15.7. The Morgan fingerprint density at radius 1 is 1.07 bits per heavy atom. The zero-order chi connectivity index (χ0) is 19.4. The van der Waals surface area contributed by atoms with E-state index in [0.717, 1.165) is 24.2 Å². The molecule has 0 heterocycles. The van der Waals surface area contributed by atoms with Gasteiger partial charge >= 0.3 is 0 Å². The molecule has 1 aliphatic rings. The smallest absolute Gasteiger partial charge is 0.258 e. The second-order valence-corrected chi connectivity index (χ2v) is 9.07. The van der Waals surface area contributed by atoms with Crippen molar-refractivity contribution in [2.24, 2.45) is 0 Å². The van der Waals surface area contributed by atoms with Crippen molar-refractivity contribution in [3.63, 3.8) is 0 Å². The highest BCUT2D eigenvalue weighted by Crippen LogP contribution is 2.25. The summed E-state index contributed by atoms with van der Waals surface area (Å²) in [5.41, 5.74) is 3.53. The van der Waals surface area contributed by atoms with Crippen molar-refractivity contribution in [3.8, 4) is 5.75 Å². The number of hydrogen-bond donors (Lipinski definition) is 1. The Labute approximate surface area is 160 Å². The van der Waals surface area contributed by atoms with E-state index >= 15 is 0 Å². The van der Waals surface area contributed by atoms with E-state index in [4.69, 9.17) is 4.74 Å². The molecule has 1 amide bonds. The zero-order valence-corrected chi connectivity index (χ0v) is 16.5. The van der Waals surface area contributed by atoms with E-state index in [1.807, 2.05) is 19.1 Å². The van der Waals surface area contributed by atoms with Crippen LogP contribution in [-0.4, -0.2) is 27.2 Å². The molecule has 0 saturated carbocycles. The van der Waals surface area contributed by atoms with E-state index < -0.39 is 9.84 Å². The SMILES string of the molecule is CC(NC(=O)COc1ccc2c(c1)CCCC2)c1ccc(S(C)(=O)=O)cc1. The van der Waals surface area contributed by atoms with Crippen molar-refractivity contribution >= 4 is 15.7 Å². The summed E-state index contributed by atoms with van der Waals surface area (Å²) in [5, 5.41) is 2.87. The first-order valence-corrected chi connectivity index (χ1v) is 11.1. The van der Waals surface area contributed by atoms with Gasteiger partial charge in [0.2, 0.25) is 0 Å². The van der Waals surface area contributed by atoms with E-state index in [1.54, 1.807) is 24.3 Å². The first kappa shape index (κ1) is 19.4. The molecule has 0 radical (unpaired) electrons. The highest BCUT2D eigenvalue weighted by Gasteiger charge is 2.14. The van der Waals surface area contributed by atoms with Crippen LogP contribution in [0.2, 0.25) is 0 Å². The third-order valence-electron chi connectivity index (χ3n) is 4.88. The largest absolute Gasteiger partial charge is 0.484 e. The summed E-state index contributed by atoms with van der Waals surface area (Å²) in [4.78, 5) is 12.4. The van der Waals surface area contributed by atoms with Crippen molar-refractivity contribution in [2.75, 3.05) is 12.9 Å². The lowest BCUT2D eigenvalue weighted by Crippen LogP contribution is -2.31. The van der Waals surface area contributed by atoms with Crippen LogP contribution in [0.5, 0.6) is 5.75 Å². The Hall–Kier alpha value is -2.34. The van der Waals surface area contributed by atoms with E-state index in [0.29, 0.717) is 0 Å². The van der Waals surface area contributed by atoms with Gasteiger partial charge in [0, 0.05) is 6.26 Å². The number of ether oxygens (including phenoxy) is 1. The van der Waals surface area contributed by atoms with Gasteiger partial charge in [0.05, 0.1) is 10.9 Å². The summed E-state index contributed by atoms with van der Waals surface area (Å²) in [6, 6.07) is 12.3. The minimum atomic E-state index is -3.22. The summed E-state index contributed by atoms with van der Waals surface area (Å²) in [6.45, 7) is 1.80. The average Bonchev–Trinajstić information content (AvgIpc) is 2.65. The predicted octanol–water partition coefficient (Wildman–Crippen LogP) is 3.23. The van der Waals surface area contributed by atoms with Crippen LogP contribution in [0.15, 0.2) is 47.4 Å². The number of aryl methyl sites for hydroxylation is 2. The minimum absolute atomic E-state index is 0.0510. The van der Waals surface area contributed by atoms with E-state index in [1.165, 1.54) is 30.2 Å². The van der Waals surface area contributed by atoms with Gasteiger partial charge in [0.25, 0.3) is 5.91 Å². The molecule has 1 unspecified atom stereocenters. The number of rotatable bonds is 6. The number of benzene rings is 2. The van der Waals surface area contributed by atoms with Crippen LogP contribution in [0.3, 0.4) is 0 Å². The maximum atomic E-state index is 12.2. The van der Waals surface area contributed by atoms with E-state index in [9.17, 15) is 13.2 Å². The van der Waals surface area contributed by atoms with Crippen LogP contribution in [0.25, 0.3) is 0 Å². The van der Waals surface area contributed by atoms with Gasteiger partial charge in [0.1, 0.15) is 5.75 Å². The summed E-state index contributed by atoms with van der Waals surface area (Å²) < 4.78 is 28.7. The maximum Gasteiger partial charge on any atom is 0.258 e. The maximum absolute atomic E-state index is 12.2. The van der Waals surface area contributed by atoms with Crippen LogP contribution in [-0.2, 0) is 27.5 Å². The topological polar surface area (TPSA) is 72.5 Å². The first-order chi connectivity index (χ1) is 12.8. The Balaban J connectivity index is 1.54. The van der Waals surface area contributed by atoms with Gasteiger partial charge in [-0.15, -0.1) is 0 Å². The van der Waals surface area contributed by atoms with Crippen molar-refractivity contribution in [3.05, 3.63) is 59.2 Å². The fourth-order valence-corrected chi connectivity index (χ4v) is 3.95. The standard InChI is InChI=1S/C21H25NO4S/c1-15(16-8-11-20(12-9-16)27(2,24)25)22-21(23)14-26-19-10-7-17-5-3-4-6-18(17)13-19/h7-13,15H,3-6,14H2,1-2H3,(H,22,23). The molecule has 0 bridgehead atoms. The number of sulfone groups is 1. The number of amides is 1. The van der Waals surface area contributed by atoms with Gasteiger partial charge in [-0.2, -0.15) is 0 Å². The van der Waals surface area contributed by atoms with Gasteiger partial charge in [-0.1, -0.05) is 18.2 Å². The van der Waals surface area contributed by atoms with Crippen molar-refractivity contribution < 1.29 is 17.9 Å². The number of fused-ring (bicyclic) bond motifs is 1. The van der Waals surface area contributed by atoms with Gasteiger partial charge in [-0.25, -0.2) is 8.42 Å². The number of hydrogen-bond acceptors (Lipinski definition) is 4. The highest BCUT2D eigenvalue weighted by molar-refractivity contribution is 7.90. The molecule has 1 atom stereocenters. The fourth-order valence-electron chi connectivity index (χ4n) is 3.32. The summed E-state index contributed by atoms with van der Waals surface area (Å²) >= 11 is 0. The molecule has 0 spiro atoms. The molecule has 0 saturated heterocycles. The monoisotopic (exact) mass is 387 g/mol. The van der Waals surface area contributed by atoms with E-state index in [2.05, 4.69) is 11.4 Å². The normalized spacial score (nSPS) is 14.9. The minimum Gasteiger partial charge on any atom is -0.484 e. The lowest BCUT2D eigenvalue weighted by atomic mass is 9.92. The number of nitrogens with one attached hydrogen (secondary N) is 1. The fraction of sp³-hybridized carbons (Fsp3) is 0.381. The Morgan fingerprint density at radius 2 is 1.74 bits per heavy atom. The van der Waals surface area contributed by atoms with Gasteiger partial charge in [-0.3, -0.25) is 4.79 Å². The quantitative estimate of drug-likeness (QED) is 0.826. The molecule has 0 fully saturated rings. The Morgan fingerprint density at radius 3 is 2.41 bits per heavy atom. The first-order valence-electron chi connectivity index (χ1n) is 9.17. The Kier molecular flexibility index (Phi) is 5.85. The molecule has 2 aromatic rings. The van der Waals surface area contributed by atoms with Gasteiger partial charge < -0.3 is 10.1 Å². The molecule has 5 nitrogen and oxygen atoms in total. The van der Waals surface area contributed by atoms with Crippen LogP contribution >= 0.6 is 0 Å². The van der Waals surface area contributed by atoms with Crippen molar-refractivity contribution in [1.82, 2.24) is 5.32 Å². The second-order valence-electron chi connectivity index (χ2n) is 7.06. The summed E-state index contributed by atoms with van der Waals surface area (Å²) in [5.74, 6) is 0.503. The molecule has 6 heteroatoms. The predicted molar refractivity (Wildman–Crippen MR) is 105 cm³/mol. The lowest BCUT2D eigenvalue weighted by molar-refractivity contribution is -0.123. The van der Waals surface area contributed by atoms with Crippen LogP contribution in [0.4, 0.5) is 0 Å². The van der Waals surface area contributed by atoms with Gasteiger partial charge in [-0.05, 0) is 73.6 Å².